The molecular formula is C29H25N7O2S2. The Kier molecular flexibility index (Phi) is 7.55. The van der Waals surface area contributed by atoms with Crippen LogP contribution in [0, 0.1) is 17.2 Å². The number of nitrogens with zero attached hydrogens (tertiary/aromatic N) is 5. The molecule has 2 aliphatic rings. The van der Waals surface area contributed by atoms with Crippen molar-refractivity contribution in [1.82, 2.24) is 25.6 Å². The average molecular weight is 568 g/mol. The fourth-order valence-corrected chi connectivity index (χ4v) is 6.59. The molecule has 11 heteroatoms. The van der Waals surface area contributed by atoms with Gasteiger partial charge in [-0.2, -0.15) is 5.26 Å². The van der Waals surface area contributed by atoms with Crippen LogP contribution in [0.5, 0.6) is 0 Å². The molecule has 2 aliphatic heterocycles. The summed E-state index contributed by atoms with van der Waals surface area (Å²) in [6, 6.07) is 14.2. The van der Waals surface area contributed by atoms with Crippen LogP contribution in [0.1, 0.15) is 29.7 Å². The predicted octanol–water partition coefficient (Wildman–Crippen LogP) is 4.96. The second-order valence-electron chi connectivity index (χ2n) is 9.69. The Morgan fingerprint density at radius 2 is 2.02 bits per heavy atom. The number of carbonyl (C=O) groups is 2. The lowest BCUT2D eigenvalue weighted by Crippen LogP contribution is -2.38. The zero-order valence-electron chi connectivity index (χ0n) is 21.5. The number of nitriles is 1. The largest absolute Gasteiger partial charge is 0.341 e. The number of piperidine rings is 1. The number of aromatic nitrogens is 3. The van der Waals surface area contributed by atoms with Gasteiger partial charge in [0, 0.05) is 53.1 Å². The van der Waals surface area contributed by atoms with Gasteiger partial charge in [0.15, 0.2) is 0 Å². The molecule has 2 fully saturated rings. The Hall–Kier alpha value is -4.11. The van der Waals surface area contributed by atoms with Crippen LogP contribution < -0.4 is 15.5 Å². The first-order valence-corrected chi connectivity index (χ1v) is 14.7. The maximum atomic E-state index is 11.8. The zero-order chi connectivity index (χ0) is 27.5. The minimum Gasteiger partial charge on any atom is -0.341 e. The second-order valence-corrected chi connectivity index (χ2v) is 11.6. The van der Waals surface area contributed by atoms with Crippen LogP contribution in [0.4, 0.5) is 10.7 Å². The Bertz CT molecular complexity index is 1670. The molecule has 40 heavy (non-hydrogen) atoms. The van der Waals surface area contributed by atoms with E-state index in [0.717, 1.165) is 66.4 Å². The molecule has 0 radical (unpaired) electrons. The fraction of sp³-hybridized carbons (Fsp3) is 0.241. The quantitative estimate of drug-likeness (QED) is 0.298. The van der Waals surface area contributed by atoms with Crippen molar-refractivity contribution in [3.05, 3.63) is 75.9 Å². The van der Waals surface area contributed by atoms with E-state index in [0.29, 0.717) is 34.6 Å². The zero-order valence-corrected chi connectivity index (χ0v) is 23.1. The number of anilines is 1. The number of pyridine rings is 1. The van der Waals surface area contributed by atoms with Crippen LogP contribution in [0.2, 0.25) is 0 Å². The summed E-state index contributed by atoms with van der Waals surface area (Å²) in [7, 11) is 0. The number of thiophene rings is 1. The molecule has 0 bridgehead atoms. The number of amides is 2. The SMILES string of the molecule is N#Cc1cc(CNCC2CCN(c3nccc(/C=C4\SC(=O)NC4=O)n3)CC2)cnc1-c1csc2ccccc12. The van der Waals surface area contributed by atoms with Crippen molar-refractivity contribution in [2.75, 3.05) is 24.5 Å². The van der Waals surface area contributed by atoms with E-state index in [1.807, 2.05) is 24.4 Å². The van der Waals surface area contributed by atoms with Crippen molar-refractivity contribution >= 4 is 56.4 Å². The van der Waals surface area contributed by atoms with Crippen LogP contribution in [-0.2, 0) is 11.3 Å². The van der Waals surface area contributed by atoms with Crippen LogP contribution in [0.15, 0.2) is 59.1 Å². The number of hydrogen-bond donors (Lipinski definition) is 2. The van der Waals surface area contributed by atoms with E-state index in [2.05, 4.69) is 54.1 Å². The number of nitrogens with one attached hydrogen (secondary N) is 2. The van der Waals surface area contributed by atoms with E-state index in [1.165, 1.54) is 4.70 Å². The summed E-state index contributed by atoms with van der Waals surface area (Å²) >= 11 is 2.54. The molecular weight excluding hydrogens is 543 g/mol. The lowest BCUT2D eigenvalue weighted by atomic mass is 9.97. The van der Waals surface area contributed by atoms with Gasteiger partial charge in [-0.25, -0.2) is 9.97 Å². The van der Waals surface area contributed by atoms with Crippen LogP contribution in [0.25, 0.3) is 27.4 Å². The summed E-state index contributed by atoms with van der Waals surface area (Å²) < 4.78 is 1.19. The van der Waals surface area contributed by atoms with E-state index >= 15 is 0 Å². The first kappa shape index (κ1) is 26.1. The van der Waals surface area contributed by atoms with Gasteiger partial charge in [-0.15, -0.1) is 11.3 Å². The molecule has 2 amide bonds. The molecule has 1 aromatic carbocycles. The highest BCUT2D eigenvalue weighted by Gasteiger charge is 2.26. The molecule has 9 nitrogen and oxygen atoms in total. The van der Waals surface area contributed by atoms with Gasteiger partial charge in [0.05, 0.1) is 21.9 Å². The molecule has 0 spiro atoms. The Labute approximate surface area is 239 Å². The molecule has 200 valence electrons. The third kappa shape index (κ3) is 5.60. The molecule has 0 atom stereocenters. The molecule has 2 saturated heterocycles. The monoisotopic (exact) mass is 567 g/mol. The fourth-order valence-electron chi connectivity index (χ4n) is 4.97. The van der Waals surface area contributed by atoms with Crippen LogP contribution in [-0.4, -0.2) is 45.7 Å². The van der Waals surface area contributed by atoms with Gasteiger partial charge in [0.2, 0.25) is 5.95 Å². The number of imide groups is 1. The highest BCUT2D eigenvalue weighted by atomic mass is 32.2. The number of thioether (sulfide) groups is 1. The van der Waals surface area contributed by atoms with E-state index in [1.54, 1.807) is 29.7 Å². The smallest absolute Gasteiger partial charge is 0.290 e. The van der Waals surface area contributed by atoms with Crippen molar-refractivity contribution in [2.45, 2.75) is 19.4 Å². The van der Waals surface area contributed by atoms with Crippen molar-refractivity contribution in [3.63, 3.8) is 0 Å². The van der Waals surface area contributed by atoms with E-state index in [4.69, 9.17) is 0 Å². The van der Waals surface area contributed by atoms with Crippen molar-refractivity contribution in [1.29, 1.82) is 5.26 Å². The molecule has 6 rings (SSSR count). The highest BCUT2D eigenvalue weighted by Crippen LogP contribution is 2.34. The van der Waals surface area contributed by atoms with Gasteiger partial charge in [-0.1, -0.05) is 18.2 Å². The maximum absolute atomic E-state index is 11.8. The summed E-state index contributed by atoms with van der Waals surface area (Å²) in [5.74, 6) is 0.755. The van der Waals surface area contributed by atoms with E-state index in [9.17, 15) is 14.9 Å². The number of rotatable bonds is 7. The van der Waals surface area contributed by atoms with Crippen LogP contribution in [0.3, 0.4) is 0 Å². The predicted molar refractivity (Wildman–Crippen MR) is 158 cm³/mol. The Morgan fingerprint density at radius 3 is 2.83 bits per heavy atom. The minimum absolute atomic E-state index is 0.339. The van der Waals surface area contributed by atoms with Gasteiger partial charge < -0.3 is 10.2 Å². The Balaban J connectivity index is 1.02. The molecule has 5 heterocycles. The third-order valence-electron chi connectivity index (χ3n) is 7.05. The number of fused-ring (bicyclic) bond motifs is 1. The van der Waals surface area contributed by atoms with Gasteiger partial charge in [0.25, 0.3) is 11.1 Å². The molecule has 2 N–H and O–H groups in total. The van der Waals surface area contributed by atoms with Crippen molar-refractivity contribution < 1.29 is 9.59 Å². The maximum Gasteiger partial charge on any atom is 0.290 e. The first-order chi connectivity index (χ1) is 19.6. The minimum atomic E-state index is -0.393. The van der Waals surface area contributed by atoms with Gasteiger partial charge >= 0.3 is 0 Å². The molecule has 3 aromatic heterocycles. The van der Waals surface area contributed by atoms with Crippen LogP contribution >= 0.6 is 23.1 Å². The van der Waals surface area contributed by atoms with Gasteiger partial charge in [-0.3, -0.25) is 19.9 Å². The standard InChI is InChI=1S/C29H25N7O2S2/c30-13-20-11-19(16-33-26(20)23-17-39-24-4-2-1-3-22(23)24)15-31-14-18-6-9-36(10-7-18)28-32-8-5-21(34-28)12-25-27(37)35-29(38)40-25/h1-5,8,11-12,16-18,31H,6-7,9-10,14-15H2,(H,35,37,38)/b25-12-. The number of carbonyl (C=O) groups excluding carboxylic acids is 2. The lowest BCUT2D eigenvalue weighted by molar-refractivity contribution is -0.115. The number of hydrogen-bond acceptors (Lipinski definition) is 10. The molecule has 4 aromatic rings. The van der Waals surface area contributed by atoms with Crippen molar-refractivity contribution in [3.8, 4) is 17.3 Å². The van der Waals surface area contributed by atoms with Gasteiger partial charge in [0.1, 0.15) is 6.07 Å². The topological polar surface area (TPSA) is 124 Å². The van der Waals surface area contributed by atoms with E-state index in [-0.39, 0.29) is 5.24 Å². The van der Waals surface area contributed by atoms with Crippen molar-refractivity contribution in [2.24, 2.45) is 5.92 Å². The average Bonchev–Trinajstić information content (AvgIpc) is 3.55. The summed E-state index contributed by atoms with van der Waals surface area (Å²) in [6.45, 7) is 3.20. The molecule has 0 unspecified atom stereocenters. The summed E-state index contributed by atoms with van der Waals surface area (Å²) in [4.78, 5) is 39.4. The summed E-state index contributed by atoms with van der Waals surface area (Å²) in [5.41, 5.74) is 3.93. The highest BCUT2D eigenvalue weighted by molar-refractivity contribution is 8.18. The third-order valence-corrected chi connectivity index (χ3v) is 8.82. The molecule has 0 aliphatic carbocycles. The second kappa shape index (κ2) is 11.6. The normalized spacial score (nSPS) is 17.0. The van der Waals surface area contributed by atoms with E-state index < -0.39 is 5.91 Å². The summed E-state index contributed by atoms with van der Waals surface area (Å²) in [6.07, 6.45) is 7.16. The summed E-state index contributed by atoms with van der Waals surface area (Å²) in [5, 5.41) is 18.4. The van der Waals surface area contributed by atoms with Gasteiger partial charge in [-0.05, 0) is 66.9 Å². The Morgan fingerprint density at radius 1 is 1.18 bits per heavy atom. The lowest BCUT2D eigenvalue weighted by Gasteiger charge is -2.32. The molecule has 0 saturated carbocycles. The number of benzene rings is 1. The first-order valence-electron chi connectivity index (χ1n) is 13.0.